The van der Waals surface area contributed by atoms with Gasteiger partial charge in [0.2, 0.25) is 0 Å². The van der Waals surface area contributed by atoms with Crippen LogP contribution in [0.1, 0.15) is 29.5 Å². The maximum Gasteiger partial charge on any atom is 0.0502 e. The van der Waals surface area contributed by atoms with Crippen LogP contribution < -0.4 is 0 Å². The lowest BCUT2D eigenvalue weighted by atomic mass is 9.75. The highest BCUT2D eigenvalue weighted by Gasteiger charge is 2.35. The van der Waals surface area contributed by atoms with Gasteiger partial charge in [0.1, 0.15) is 0 Å². The standard InChI is InChI=1S/C22H29NOS/c1-18-6-3-4-7-20(18)14-22(17-24)12-5-13-23(16-22)15-19-8-10-21(25-2)11-9-19/h3-4,6-11,24H,5,12-17H2,1-2H3/t22-/m0/s1. The van der Waals surface area contributed by atoms with Crippen molar-refractivity contribution in [3.63, 3.8) is 0 Å². The highest BCUT2D eigenvalue weighted by atomic mass is 32.2. The third-order valence-corrected chi connectivity index (χ3v) is 6.21. The first-order valence-corrected chi connectivity index (χ1v) is 10.4. The van der Waals surface area contributed by atoms with Gasteiger partial charge in [-0.25, -0.2) is 0 Å². The van der Waals surface area contributed by atoms with E-state index >= 15 is 0 Å². The zero-order chi connectivity index (χ0) is 17.7. The molecule has 25 heavy (non-hydrogen) atoms. The van der Waals surface area contributed by atoms with Gasteiger partial charge in [-0.3, -0.25) is 4.90 Å². The molecule has 1 heterocycles. The zero-order valence-electron chi connectivity index (χ0n) is 15.4. The summed E-state index contributed by atoms with van der Waals surface area (Å²) in [6, 6.07) is 17.5. The molecule has 1 N–H and O–H groups in total. The number of aryl methyl sites for hydroxylation is 1. The second-order valence-corrected chi connectivity index (χ2v) is 8.30. The molecule has 1 fully saturated rings. The smallest absolute Gasteiger partial charge is 0.0502 e. The van der Waals surface area contributed by atoms with Crippen LogP contribution in [0.5, 0.6) is 0 Å². The molecular weight excluding hydrogens is 326 g/mol. The molecule has 0 amide bonds. The summed E-state index contributed by atoms with van der Waals surface area (Å²) < 4.78 is 0. The minimum absolute atomic E-state index is 0.0103. The lowest BCUT2D eigenvalue weighted by Crippen LogP contribution is -2.46. The van der Waals surface area contributed by atoms with Gasteiger partial charge in [-0.2, -0.15) is 0 Å². The van der Waals surface area contributed by atoms with Crippen molar-refractivity contribution in [2.45, 2.75) is 37.6 Å². The maximum absolute atomic E-state index is 10.2. The Balaban J connectivity index is 1.70. The van der Waals surface area contributed by atoms with Crippen LogP contribution in [0.25, 0.3) is 0 Å². The molecule has 134 valence electrons. The van der Waals surface area contributed by atoms with E-state index in [1.165, 1.54) is 21.6 Å². The number of nitrogens with zero attached hydrogens (tertiary/aromatic N) is 1. The van der Waals surface area contributed by atoms with Gasteiger partial charge in [-0.05, 0) is 67.8 Å². The van der Waals surface area contributed by atoms with Crippen molar-refractivity contribution in [1.82, 2.24) is 4.90 Å². The molecule has 3 rings (SSSR count). The Labute approximate surface area is 156 Å². The Hall–Kier alpha value is -1.29. The van der Waals surface area contributed by atoms with Crippen LogP contribution in [-0.2, 0) is 13.0 Å². The minimum atomic E-state index is -0.0103. The molecule has 0 radical (unpaired) electrons. The van der Waals surface area contributed by atoms with E-state index in [0.29, 0.717) is 0 Å². The van der Waals surface area contributed by atoms with Gasteiger partial charge in [0, 0.05) is 23.4 Å². The number of benzene rings is 2. The van der Waals surface area contributed by atoms with Gasteiger partial charge in [-0.1, -0.05) is 36.4 Å². The number of likely N-dealkylation sites (tertiary alicyclic amines) is 1. The van der Waals surface area contributed by atoms with Gasteiger partial charge in [0.15, 0.2) is 0 Å². The summed E-state index contributed by atoms with van der Waals surface area (Å²) in [5, 5.41) is 10.2. The average Bonchev–Trinajstić information content (AvgIpc) is 2.65. The predicted octanol–water partition coefficient (Wildman–Crippen LogP) is 4.53. The first kappa shape index (κ1) is 18.5. The van der Waals surface area contributed by atoms with E-state index in [4.69, 9.17) is 0 Å². The molecule has 0 aliphatic carbocycles. The third kappa shape index (κ3) is 4.66. The number of aliphatic hydroxyl groups excluding tert-OH is 1. The number of aliphatic hydroxyl groups is 1. The zero-order valence-corrected chi connectivity index (χ0v) is 16.2. The molecule has 0 bridgehead atoms. The summed E-state index contributed by atoms with van der Waals surface area (Å²) in [4.78, 5) is 3.83. The van der Waals surface area contributed by atoms with E-state index in [2.05, 4.69) is 66.6 Å². The van der Waals surface area contributed by atoms with Crippen molar-refractivity contribution in [3.05, 3.63) is 65.2 Å². The summed E-state index contributed by atoms with van der Waals surface area (Å²) in [7, 11) is 0. The molecule has 0 spiro atoms. The predicted molar refractivity (Wildman–Crippen MR) is 107 cm³/mol. The monoisotopic (exact) mass is 355 g/mol. The van der Waals surface area contributed by atoms with E-state index in [1.807, 2.05) is 0 Å². The number of piperidine rings is 1. The van der Waals surface area contributed by atoms with Gasteiger partial charge >= 0.3 is 0 Å². The number of rotatable bonds is 6. The SMILES string of the molecule is CSc1ccc(CN2CCC[C@](CO)(Cc3ccccc3C)C2)cc1. The summed E-state index contributed by atoms with van der Waals surface area (Å²) >= 11 is 1.78. The molecule has 1 aliphatic rings. The Morgan fingerprint density at radius 3 is 2.56 bits per heavy atom. The normalized spacial score (nSPS) is 21.4. The van der Waals surface area contributed by atoms with E-state index in [1.54, 1.807) is 11.8 Å². The summed E-state index contributed by atoms with van der Waals surface area (Å²) in [6.45, 7) is 5.52. The topological polar surface area (TPSA) is 23.5 Å². The lowest BCUT2D eigenvalue weighted by molar-refractivity contribution is 0.0287. The van der Waals surface area contributed by atoms with Crippen molar-refractivity contribution < 1.29 is 5.11 Å². The Bertz CT molecular complexity index is 685. The molecule has 1 atom stereocenters. The molecule has 0 unspecified atom stereocenters. The van der Waals surface area contributed by atoms with Crippen LogP contribution in [0.2, 0.25) is 0 Å². The van der Waals surface area contributed by atoms with Crippen LogP contribution >= 0.6 is 11.8 Å². The van der Waals surface area contributed by atoms with Gasteiger partial charge in [0.05, 0.1) is 6.61 Å². The van der Waals surface area contributed by atoms with Gasteiger partial charge < -0.3 is 5.11 Å². The molecule has 1 saturated heterocycles. The Kier molecular flexibility index (Phi) is 6.21. The fourth-order valence-electron chi connectivity index (χ4n) is 3.98. The first-order chi connectivity index (χ1) is 12.1. The van der Waals surface area contributed by atoms with Crippen LogP contribution in [0.4, 0.5) is 0 Å². The van der Waals surface area contributed by atoms with E-state index in [0.717, 1.165) is 38.9 Å². The number of hydrogen-bond donors (Lipinski definition) is 1. The summed E-state index contributed by atoms with van der Waals surface area (Å²) in [5.74, 6) is 0. The second kappa shape index (κ2) is 8.39. The van der Waals surface area contributed by atoms with Crippen molar-refractivity contribution >= 4 is 11.8 Å². The molecule has 2 aromatic rings. The van der Waals surface area contributed by atoms with E-state index < -0.39 is 0 Å². The number of thioether (sulfide) groups is 1. The van der Waals surface area contributed by atoms with Crippen LogP contribution in [0, 0.1) is 12.3 Å². The fourth-order valence-corrected chi connectivity index (χ4v) is 4.38. The summed E-state index contributed by atoms with van der Waals surface area (Å²) in [6.07, 6.45) is 5.36. The lowest BCUT2D eigenvalue weighted by Gasteiger charge is -2.42. The van der Waals surface area contributed by atoms with Gasteiger partial charge in [-0.15, -0.1) is 11.8 Å². The van der Waals surface area contributed by atoms with Crippen LogP contribution in [-0.4, -0.2) is 36.0 Å². The Morgan fingerprint density at radius 2 is 1.88 bits per heavy atom. The molecule has 3 heteroatoms. The molecule has 1 aliphatic heterocycles. The maximum atomic E-state index is 10.2. The van der Waals surface area contributed by atoms with Crippen LogP contribution in [0.3, 0.4) is 0 Å². The third-order valence-electron chi connectivity index (χ3n) is 5.47. The van der Waals surface area contributed by atoms with Crippen molar-refractivity contribution in [2.24, 2.45) is 5.41 Å². The quantitative estimate of drug-likeness (QED) is 0.770. The highest BCUT2D eigenvalue weighted by Crippen LogP contribution is 2.34. The first-order valence-electron chi connectivity index (χ1n) is 9.15. The van der Waals surface area contributed by atoms with Crippen molar-refractivity contribution in [2.75, 3.05) is 26.0 Å². The van der Waals surface area contributed by atoms with Gasteiger partial charge in [0.25, 0.3) is 0 Å². The summed E-state index contributed by atoms with van der Waals surface area (Å²) in [5.41, 5.74) is 4.06. The van der Waals surface area contributed by atoms with Crippen molar-refractivity contribution in [3.8, 4) is 0 Å². The van der Waals surface area contributed by atoms with Crippen molar-refractivity contribution in [1.29, 1.82) is 0 Å². The minimum Gasteiger partial charge on any atom is -0.396 e. The average molecular weight is 356 g/mol. The molecule has 2 nitrogen and oxygen atoms in total. The van der Waals surface area contributed by atoms with Crippen LogP contribution in [0.15, 0.2) is 53.4 Å². The second-order valence-electron chi connectivity index (χ2n) is 7.42. The fraction of sp³-hybridized carbons (Fsp3) is 0.455. The largest absolute Gasteiger partial charge is 0.396 e. The molecule has 0 saturated carbocycles. The molecule has 0 aromatic heterocycles. The molecule has 2 aromatic carbocycles. The Morgan fingerprint density at radius 1 is 1.12 bits per heavy atom. The highest BCUT2D eigenvalue weighted by molar-refractivity contribution is 7.98. The number of hydrogen-bond acceptors (Lipinski definition) is 3. The molecular formula is C22H29NOS. The van der Waals surface area contributed by atoms with E-state index in [-0.39, 0.29) is 12.0 Å². The van der Waals surface area contributed by atoms with E-state index in [9.17, 15) is 5.11 Å².